The number of hydrogen-bond donors (Lipinski definition) is 2. The predicted molar refractivity (Wildman–Crippen MR) is 263 cm³/mol. The summed E-state index contributed by atoms with van der Waals surface area (Å²) in [5, 5.41) is 36.3. The van der Waals surface area contributed by atoms with E-state index in [4.69, 9.17) is 16.6 Å². The summed E-state index contributed by atoms with van der Waals surface area (Å²) in [6.07, 6.45) is 3.68. The van der Waals surface area contributed by atoms with Crippen molar-refractivity contribution in [3.05, 3.63) is 160 Å². The summed E-state index contributed by atoms with van der Waals surface area (Å²) in [7, 11) is -1.44. The van der Waals surface area contributed by atoms with Crippen molar-refractivity contribution in [1.29, 1.82) is 0 Å². The van der Waals surface area contributed by atoms with Gasteiger partial charge in [0.05, 0.1) is 15.1 Å². The lowest BCUT2D eigenvalue weighted by Gasteiger charge is -2.23. The number of aryl methyl sites for hydroxylation is 2. The monoisotopic (exact) mass is 842 g/mol. The molecule has 0 aliphatic rings. The van der Waals surface area contributed by atoms with Crippen molar-refractivity contribution in [1.82, 2.24) is 9.97 Å². The molecular weight excluding hydrogens is 795 g/mol. The zero-order valence-corrected chi connectivity index (χ0v) is 37.7. The third kappa shape index (κ3) is 8.30. The quantitative estimate of drug-likeness (QED) is 0.103. The molecule has 0 saturated carbocycles. The fourth-order valence-electron chi connectivity index (χ4n) is 8.01. The van der Waals surface area contributed by atoms with Crippen molar-refractivity contribution < 1.29 is 10.0 Å². The van der Waals surface area contributed by atoms with Crippen LogP contribution in [0.5, 0.6) is 0 Å². The minimum Gasteiger partial charge on any atom is -0.423 e. The first-order valence-electron chi connectivity index (χ1n) is 20.2. The third-order valence-electron chi connectivity index (χ3n) is 11.2. The van der Waals surface area contributed by atoms with Gasteiger partial charge in [0.25, 0.3) is 0 Å². The number of hydrogen-bond acceptors (Lipinski definition) is 6. The molecule has 6 aromatic carbocycles. The van der Waals surface area contributed by atoms with E-state index in [-0.39, 0.29) is 10.8 Å². The van der Waals surface area contributed by atoms with E-state index >= 15 is 0 Å². The van der Waals surface area contributed by atoms with E-state index < -0.39 is 7.12 Å². The lowest BCUT2D eigenvalue weighted by molar-refractivity contribution is 0.425. The highest BCUT2D eigenvalue weighted by Gasteiger charge is 2.22. The third-order valence-corrected chi connectivity index (χ3v) is 13.8. The number of pyridine rings is 2. The summed E-state index contributed by atoms with van der Waals surface area (Å²) in [4.78, 5) is 8.79. The molecule has 0 bridgehead atoms. The average molecular weight is 843 g/mol. The highest BCUT2D eigenvalue weighted by atomic mass is 35.5. The van der Waals surface area contributed by atoms with Crippen LogP contribution in [0.4, 0.5) is 0 Å². The van der Waals surface area contributed by atoms with Crippen LogP contribution in [0.2, 0.25) is 5.15 Å². The Morgan fingerprint density at radius 2 is 0.983 bits per heavy atom. The first-order chi connectivity index (χ1) is 28.6. The van der Waals surface area contributed by atoms with E-state index in [1.807, 2.05) is 36.5 Å². The SMILES string of the molecule is CC(C)(C)c1cc(B(O)O)cc2cc3ccccc3cc12.Cc1csc2c(-c3cc(C(C)(C)C)c4cc5ccccc5cc4c3)nccc12.Cc1csc2c(Cl)nccc12. The molecule has 0 aliphatic heterocycles. The van der Waals surface area contributed by atoms with Gasteiger partial charge in [0.2, 0.25) is 0 Å². The molecule has 4 nitrogen and oxygen atoms in total. The zero-order valence-electron chi connectivity index (χ0n) is 35.3. The lowest BCUT2D eigenvalue weighted by Crippen LogP contribution is -2.31. The molecule has 4 heterocycles. The zero-order chi connectivity index (χ0) is 42.5. The maximum Gasteiger partial charge on any atom is 0.488 e. The van der Waals surface area contributed by atoms with Gasteiger partial charge >= 0.3 is 7.12 Å². The van der Waals surface area contributed by atoms with Crippen molar-refractivity contribution in [3.8, 4) is 11.3 Å². The predicted octanol–water partition coefficient (Wildman–Crippen LogP) is 14.1. The van der Waals surface area contributed by atoms with Crippen LogP contribution in [0.25, 0.3) is 74.5 Å². The van der Waals surface area contributed by atoms with Gasteiger partial charge in [-0.2, -0.15) is 0 Å². The fourth-order valence-corrected chi connectivity index (χ4v) is 10.3. The first-order valence-corrected chi connectivity index (χ1v) is 22.3. The molecule has 0 saturated heterocycles. The number of halogens is 1. The smallest absolute Gasteiger partial charge is 0.423 e. The van der Waals surface area contributed by atoms with Gasteiger partial charge < -0.3 is 10.0 Å². The standard InChI is InChI=1S/C26H23NS.C18H19BO2.C8H6ClNS/c1-16-15-28-25-21(16)9-10-27-24(25)20-12-19-11-17-7-5-6-8-18(17)13-22(19)23(14-20)26(2,3)4;1-18(2,3)17-11-15(19(20)21)9-14-8-12-6-4-5-7-13(12)10-16(14)17;1-5-4-11-7-6(5)2-3-10-8(7)9/h5-15H,1-4H3;4-11,20-21H,1-3H3;2-4H,1H3. The van der Waals surface area contributed by atoms with Crippen molar-refractivity contribution in [3.63, 3.8) is 0 Å². The molecule has 60 heavy (non-hydrogen) atoms. The van der Waals surface area contributed by atoms with Gasteiger partial charge in [0.15, 0.2) is 0 Å². The second kappa shape index (κ2) is 16.4. The van der Waals surface area contributed by atoms with Crippen molar-refractivity contribution in [2.24, 2.45) is 0 Å². The Labute approximate surface area is 365 Å². The molecule has 10 rings (SSSR count). The number of rotatable bonds is 2. The molecule has 300 valence electrons. The van der Waals surface area contributed by atoms with Gasteiger partial charge in [0, 0.05) is 23.3 Å². The molecule has 0 atom stereocenters. The highest BCUT2D eigenvalue weighted by molar-refractivity contribution is 7.18. The van der Waals surface area contributed by atoms with E-state index in [2.05, 4.69) is 150 Å². The van der Waals surface area contributed by atoms with E-state index in [0.717, 1.165) is 26.7 Å². The van der Waals surface area contributed by atoms with Gasteiger partial charge in [-0.25, -0.2) is 4.98 Å². The summed E-state index contributed by atoms with van der Waals surface area (Å²) < 4.78 is 2.37. The van der Waals surface area contributed by atoms with Crippen LogP contribution < -0.4 is 5.46 Å². The normalized spacial score (nSPS) is 11.9. The summed E-state index contributed by atoms with van der Waals surface area (Å²) in [6.45, 7) is 17.6. The number of benzene rings is 6. The lowest BCUT2D eigenvalue weighted by atomic mass is 9.74. The van der Waals surface area contributed by atoms with Crippen molar-refractivity contribution >= 4 is 110 Å². The Bertz CT molecular complexity index is 3210. The molecule has 0 amide bonds. The largest absolute Gasteiger partial charge is 0.488 e. The van der Waals surface area contributed by atoms with Crippen LogP contribution in [0, 0.1) is 13.8 Å². The fraction of sp³-hybridized carbons (Fsp3) is 0.192. The summed E-state index contributed by atoms with van der Waals surface area (Å²) >= 11 is 9.31. The second-order valence-electron chi connectivity index (χ2n) is 17.7. The number of fused-ring (bicyclic) bond motifs is 6. The Kier molecular flexibility index (Phi) is 11.3. The molecule has 0 unspecified atom stereocenters. The van der Waals surface area contributed by atoms with Crippen molar-refractivity contribution in [2.45, 2.75) is 66.2 Å². The second-order valence-corrected chi connectivity index (χ2v) is 19.8. The Morgan fingerprint density at radius 1 is 0.517 bits per heavy atom. The van der Waals surface area contributed by atoms with Gasteiger partial charge in [-0.15, -0.1) is 22.7 Å². The molecule has 0 spiro atoms. The van der Waals surface area contributed by atoms with E-state index in [9.17, 15) is 10.0 Å². The minimum absolute atomic E-state index is 0.0516. The molecule has 0 radical (unpaired) electrons. The van der Waals surface area contributed by atoms with E-state index in [0.29, 0.717) is 10.6 Å². The van der Waals surface area contributed by atoms with Crippen LogP contribution >= 0.6 is 34.3 Å². The molecule has 2 N–H and O–H groups in total. The van der Waals surface area contributed by atoms with Crippen LogP contribution in [-0.4, -0.2) is 27.1 Å². The van der Waals surface area contributed by atoms with Crippen LogP contribution in [0.1, 0.15) is 63.8 Å². The maximum atomic E-state index is 9.54. The van der Waals surface area contributed by atoms with E-state index in [1.165, 1.54) is 70.0 Å². The van der Waals surface area contributed by atoms with Gasteiger partial charge in [0.1, 0.15) is 5.15 Å². The van der Waals surface area contributed by atoms with Gasteiger partial charge in [-0.05, 0) is 160 Å². The summed E-state index contributed by atoms with van der Waals surface area (Å²) in [6, 6.07) is 38.4. The average Bonchev–Trinajstić information content (AvgIpc) is 3.80. The van der Waals surface area contributed by atoms with Crippen LogP contribution in [0.3, 0.4) is 0 Å². The molecule has 0 aliphatic carbocycles. The van der Waals surface area contributed by atoms with Crippen molar-refractivity contribution in [2.75, 3.05) is 0 Å². The molecule has 0 fully saturated rings. The molecule has 10 aromatic rings. The Hall–Kier alpha value is -5.15. The molecular formula is C52H48BClN2O2S2. The van der Waals surface area contributed by atoms with Gasteiger partial charge in [-0.1, -0.05) is 114 Å². The first kappa shape index (κ1) is 41.6. The van der Waals surface area contributed by atoms with Crippen LogP contribution in [0.15, 0.2) is 132 Å². The number of thiophene rings is 2. The van der Waals surface area contributed by atoms with Gasteiger partial charge in [-0.3, -0.25) is 4.98 Å². The number of aromatic nitrogens is 2. The summed E-state index contributed by atoms with van der Waals surface area (Å²) in [5.41, 5.74) is 7.94. The maximum absolute atomic E-state index is 9.54. The van der Waals surface area contributed by atoms with Crippen LogP contribution in [-0.2, 0) is 10.8 Å². The van der Waals surface area contributed by atoms with E-state index in [1.54, 1.807) is 28.9 Å². The summed E-state index contributed by atoms with van der Waals surface area (Å²) in [5.74, 6) is 0. The molecule has 4 aromatic heterocycles. The minimum atomic E-state index is -1.44. The Morgan fingerprint density at radius 3 is 1.50 bits per heavy atom. The highest BCUT2D eigenvalue weighted by Crippen LogP contribution is 2.40. The number of nitrogens with zero attached hydrogens (tertiary/aromatic N) is 2. The Balaban J connectivity index is 0.000000137. The topological polar surface area (TPSA) is 66.2 Å². The molecule has 8 heteroatoms.